The van der Waals surface area contributed by atoms with Gasteiger partial charge < -0.3 is 15.9 Å². The van der Waals surface area contributed by atoms with E-state index in [2.05, 4.69) is 0 Å². The first kappa shape index (κ1) is 10.1. The summed E-state index contributed by atoms with van der Waals surface area (Å²) in [5.74, 6) is -1.04. The van der Waals surface area contributed by atoms with Crippen molar-refractivity contribution in [2.45, 2.75) is 26.0 Å². The molecule has 0 fully saturated rings. The summed E-state index contributed by atoms with van der Waals surface area (Å²) in [5.41, 5.74) is 5.40. The minimum absolute atomic E-state index is 0.106. The zero-order valence-electron chi connectivity index (χ0n) is 6.61. The molecule has 4 nitrogen and oxygen atoms in total. The summed E-state index contributed by atoms with van der Waals surface area (Å²) in [5, 5.41) is 17.5. The number of hydrogen-bond acceptors (Lipinski definition) is 3. The highest BCUT2D eigenvalue weighted by Gasteiger charge is 2.08. The highest BCUT2D eigenvalue weighted by atomic mass is 16.4. The molecular formula is C7H13NO3. The Hall–Kier alpha value is -0.870. The molecule has 0 spiro atoms. The van der Waals surface area contributed by atoms with Gasteiger partial charge in [-0.25, -0.2) is 4.79 Å². The van der Waals surface area contributed by atoms with E-state index in [1.807, 2.05) is 0 Å². The van der Waals surface area contributed by atoms with Gasteiger partial charge in [0, 0.05) is 11.6 Å². The first-order chi connectivity index (χ1) is 4.95. The molecule has 0 saturated heterocycles. The van der Waals surface area contributed by atoms with Crippen molar-refractivity contribution in [1.29, 1.82) is 0 Å². The minimum Gasteiger partial charge on any atom is -0.478 e. The second-order valence-electron chi connectivity index (χ2n) is 2.50. The first-order valence-corrected chi connectivity index (χ1v) is 3.30. The molecule has 2 atom stereocenters. The first-order valence-electron chi connectivity index (χ1n) is 3.30. The summed E-state index contributed by atoms with van der Waals surface area (Å²) < 4.78 is 0. The van der Waals surface area contributed by atoms with Crippen LogP contribution in [0.5, 0.6) is 0 Å². The largest absolute Gasteiger partial charge is 0.478 e. The van der Waals surface area contributed by atoms with Crippen LogP contribution in [-0.4, -0.2) is 28.3 Å². The van der Waals surface area contributed by atoms with Gasteiger partial charge in [0.25, 0.3) is 0 Å². The molecule has 4 heteroatoms. The molecule has 0 aromatic carbocycles. The van der Waals surface area contributed by atoms with Gasteiger partial charge in [-0.1, -0.05) is 0 Å². The fourth-order valence-electron chi connectivity index (χ4n) is 0.479. The average Bonchev–Trinajstić information content (AvgIpc) is 1.87. The number of carboxylic acid groups (broad SMARTS) is 1. The second kappa shape index (κ2) is 4.10. The van der Waals surface area contributed by atoms with Gasteiger partial charge in [-0.15, -0.1) is 0 Å². The third-order valence-corrected chi connectivity index (χ3v) is 1.30. The SMILES string of the molecule is CC(=CC(O)C(C)N)C(=O)O. The van der Waals surface area contributed by atoms with Crippen LogP contribution in [0.3, 0.4) is 0 Å². The van der Waals surface area contributed by atoms with Gasteiger partial charge in [0.2, 0.25) is 0 Å². The molecule has 0 aliphatic carbocycles. The Kier molecular flexibility index (Phi) is 3.78. The van der Waals surface area contributed by atoms with Crippen LogP contribution in [0.15, 0.2) is 11.6 Å². The van der Waals surface area contributed by atoms with E-state index in [1.165, 1.54) is 13.0 Å². The van der Waals surface area contributed by atoms with Crippen molar-refractivity contribution < 1.29 is 15.0 Å². The van der Waals surface area contributed by atoms with E-state index in [0.29, 0.717) is 0 Å². The molecule has 0 rings (SSSR count). The van der Waals surface area contributed by atoms with Crippen LogP contribution < -0.4 is 5.73 Å². The van der Waals surface area contributed by atoms with Crippen LogP contribution in [0.4, 0.5) is 0 Å². The Morgan fingerprint density at radius 2 is 2.09 bits per heavy atom. The zero-order valence-corrected chi connectivity index (χ0v) is 6.61. The fraction of sp³-hybridized carbons (Fsp3) is 0.571. The molecule has 11 heavy (non-hydrogen) atoms. The topological polar surface area (TPSA) is 83.5 Å². The summed E-state index contributed by atoms with van der Waals surface area (Å²) >= 11 is 0. The third kappa shape index (κ3) is 3.75. The Bertz CT molecular complexity index is 175. The normalized spacial score (nSPS) is 17.6. The molecule has 0 aliphatic rings. The molecule has 2 unspecified atom stereocenters. The van der Waals surface area contributed by atoms with Crippen molar-refractivity contribution in [3.05, 3.63) is 11.6 Å². The molecular weight excluding hydrogens is 146 g/mol. The van der Waals surface area contributed by atoms with Crippen molar-refractivity contribution in [3.8, 4) is 0 Å². The number of nitrogens with two attached hydrogens (primary N) is 1. The van der Waals surface area contributed by atoms with E-state index in [0.717, 1.165) is 0 Å². The van der Waals surface area contributed by atoms with E-state index in [4.69, 9.17) is 15.9 Å². The monoisotopic (exact) mass is 159 g/mol. The lowest BCUT2D eigenvalue weighted by atomic mass is 10.1. The van der Waals surface area contributed by atoms with Gasteiger partial charge in [-0.3, -0.25) is 0 Å². The van der Waals surface area contributed by atoms with Crippen LogP contribution in [0.1, 0.15) is 13.8 Å². The minimum atomic E-state index is -1.04. The second-order valence-corrected chi connectivity index (χ2v) is 2.50. The number of aliphatic hydroxyl groups excluding tert-OH is 1. The highest BCUT2D eigenvalue weighted by molar-refractivity contribution is 5.85. The van der Waals surface area contributed by atoms with Crippen LogP contribution >= 0.6 is 0 Å². The molecule has 0 radical (unpaired) electrons. The van der Waals surface area contributed by atoms with Crippen molar-refractivity contribution >= 4 is 5.97 Å². The Morgan fingerprint density at radius 1 is 1.64 bits per heavy atom. The third-order valence-electron chi connectivity index (χ3n) is 1.30. The Balaban J connectivity index is 4.19. The molecule has 0 aliphatic heterocycles. The highest BCUT2D eigenvalue weighted by Crippen LogP contribution is 1.98. The molecule has 0 bridgehead atoms. The van der Waals surface area contributed by atoms with E-state index in [9.17, 15) is 4.79 Å². The molecule has 0 heterocycles. The maximum Gasteiger partial charge on any atom is 0.331 e. The van der Waals surface area contributed by atoms with E-state index >= 15 is 0 Å². The number of carboxylic acids is 1. The van der Waals surface area contributed by atoms with Crippen LogP contribution in [-0.2, 0) is 4.79 Å². The molecule has 0 aromatic rings. The summed E-state index contributed by atoms with van der Waals surface area (Å²) in [4.78, 5) is 10.2. The summed E-state index contributed by atoms with van der Waals surface area (Å²) in [7, 11) is 0. The summed E-state index contributed by atoms with van der Waals surface area (Å²) in [6.45, 7) is 3.02. The van der Waals surface area contributed by atoms with E-state index in [-0.39, 0.29) is 5.57 Å². The molecule has 64 valence electrons. The van der Waals surface area contributed by atoms with Crippen molar-refractivity contribution in [2.75, 3.05) is 0 Å². The smallest absolute Gasteiger partial charge is 0.331 e. The van der Waals surface area contributed by atoms with Crippen molar-refractivity contribution in [2.24, 2.45) is 5.73 Å². The maximum atomic E-state index is 10.2. The quantitative estimate of drug-likeness (QED) is 0.495. The summed E-state index contributed by atoms with van der Waals surface area (Å²) in [6.07, 6.45) is 0.346. The van der Waals surface area contributed by atoms with Crippen molar-refractivity contribution in [3.63, 3.8) is 0 Å². The number of hydrogen-bond donors (Lipinski definition) is 3. The predicted octanol–water partition coefficient (Wildman–Crippen LogP) is -0.275. The molecule has 0 saturated carbocycles. The lowest BCUT2D eigenvalue weighted by molar-refractivity contribution is -0.132. The number of carbonyl (C=O) groups is 1. The molecule has 4 N–H and O–H groups in total. The average molecular weight is 159 g/mol. The maximum absolute atomic E-state index is 10.2. The Morgan fingerprint density at radius 3 is 2.36 bits per heavy atom. The van der Waals surface area contributed by atoms with Crippen LogP contribution in [0.2, 0.25) is 0 Å². The fourth-order valence-corrected chi connectivity index (χ4v) is 0.479. The zero-order chi connectivity index (χ0) is 9.02. The standard InChI is InChI=1S/C7H13NO3/c1-4(7(10)11)3-6(9)5(2)8/h3,5-6,9H,8H2,1-2H3,(H,10,11). The molecule has 0 amide bonds. The predicted molar refractivity (Wildman–Crippen MR) is 41.0 cm³/mol. The van der Waals surface area contributed by atoms with Crippen LogP contribution in [0.25, 0.3) is 0 Å². The number of rotatable bonds is 3. The summed E-state index contributed by atoms with van der Waals surface area (Å²) in [6, 6.07) is -0.440. The van der Waals surface area contributed by atoms with E-state index < -0.39 is 18.1 Å². The lowest BCUT2D eigenvalue weighted by Crippen LogP contribution is -2.30. The lowest BCUT2D eigenvalue weighted by Gasteiger charge is -2.09. The van der Waals surface area contributed by atoms with Gasteiger partial charge >= 0.3 is 5.97 Å². The van der Waals surface area contributed by atoms with Gasteiger partial charge in [0.05, 0.1) is 6.10 Å². The van der Waals surface area contributed by atoms with Crippen LogP contribution in [0, 0.1) is 0 Å². The van der Waals surface area contributed by atoms with Gasteiger partial charge in [-0.2, -0.15) is 0 Å². The van der Waals surface area contributed by atoms with Crippen molar-refractivity contribution in [1.82, 2.24) is 0 Å². The van der Waals surface area contributed by atoms with Gasteiger partial charge in [0.15, 0.2) is 0 Å². The Labute approximate surface area is 65.3 Å². The van der Waals surface area contributed by atoms with Gasteiger partial charge in [0.1, 0.15) is 0 Å². The molecule has 0 aromatic heterocycles. The number of aliphatic hydroxyl groups is 1. The number of aliphatic carboxylic acids is 1. The van der Waals surface area contributed by atoms with E-state index in [1.54, 1.807) is 6.92 Å². The van der Waals surface area contributed by atoms with Gasteiger partial charge in [-0.05, 0) is 19.9 Å².